The maximum Gasteiger partial charge on any atom is 0.328 e. The van der Waals surface area contributed by atoms with Crippen LogP contribution in [-0.2, 0) is 29.1 Å². The SMILES string of the molecule is COC(=O)[C@H](C)N1C(=O)[C@H]2[C@H](NS(=O)(=O)c3ccc(C)cc3)c3c(Cl)cccc3[C@H]2C1=O. The Morgan fingerprint density at radius 1 is 1.12 bits per heavy atom. The molecule has 2 aliphatic rings. The summed E-state index contributed by atoms with van der Waals surface area (Å²) in [5.74, 6) is -3.99. The number of hydrogen-bond acceptors (Lipinski definition) is 6. The van der Waals surface area contributed by atoms with E-state index >= 15 is 0 Å². The van der Waals surface area contributed by atoms with E-state index in [1.165, 1.54) is 19.1 Å². The molecule has 10 heteroatoms. The van der Waals surface area contributed by atoms with E-state index in [-0.39, 0.29) is 9.92 Å². The number of hydrogen-bond donors (Lipinski definition) is 1. The number of benzene rings is 2. The lowest BCUT2D eigenvalue weighted by atomic mass is 9.94. The Labute approximate surface area is 190 Å². The minimum atomic E-state index is -4.04. The van der Waals surface area contributed by atoms with E-state index in [2.05, 4.69) is 9.46 Å². The summed E-state index contributed by atoms with van der Waals surface area (Å²) in [6, 6.07) is 8.92. The first kappa shape index (κ1) is 22.4. The molecular formula is C22H21ClN2O6S. The molecule has 1 N–H and O–H groups in total. The lowest BCUT2D eigenvalue weighted by molar-refractivity contribution is -0.156. The number of rotatable bonds is 5. The average molecular weight is 477 g/mol. The molecule has 0 saturated carbocycles. The van der Waals surface area contributed by atoms with Crippen LogP contribution in [0.5, 0.6) is 0 Å². The minimum absolute atomic E-state index is 0.0247. The summed E-state index contributed by atoms with van der Waals surface area (Å²) in [5, 5.41) is 0.252. The Kier molecular flexibility index (Phi) is 5.60. The van der Waals surface area contributed by atoms with Crippen LogP contribution in [0.2, 0.25) is 5.02 Å². The molecule has 1 fully saturated rings. The van der Waals surface area contributed by atoms with Gasteiger partial charge in [-0.25, -0.2) is 17.9 Å². The Bertz CT molecular complexity index is 1230. The van der Waals surface area contributed by atoms with E-state index < -0.39 is 51.7 Å². The first-order chi connectivity index (χ1) is 15.1. The highest BCUT2D eigenvalue weighted by molar-refractivity contribution is 7.89. The summed E-state index contributed by atoms with van der Waals surface area (Å²) in [5.41, 5.74) is 1.76. The maximum absolute atomic E-state index is 13.3. The highest BCUT2D eigenvalue weighted by Crippen LogP contribution is 2.53. The number of nitrogens with one attached hydrogen (secondary N) is 1. The monoisotopic (exact) mass is 476 g/mol. The summed E-state index contributed by atoms with van der Waals surface area (Å²) in [7, 11) is -2.88. The number of carbonyl (C=O) groups is 3. The van der Waals surface area contributed by atoms with Crippen molar-refractivity contribution < 1.29 is 27.5 Å². The van der Waals surface area contributed by atoms with Gasteiger partial charge < -0.3 is 4.74 Å². The van der Waals surface area contributed by atoms with Crippen LogP contribution < -0.4 is 4.72 Å². The molecule has 4 rings (SSSR count). The molecule has 1 aliphatic heterocycles. The van der Waals surface area contributed by atoms with Crippen LogP contribution in [-0.4, -0.2) is 44.3 Å². The Hall–Kier alpha value is -2.75. The molecule has 1 aliphatic carbocycles. The van der Waals surface area contributed by atoms with Crippen molar-refractivity contribution in [3.63, 3.8) is 0 Å². The van der Waals surface area contributed by atoms with E-state index in [1.807, 2.05) is 6.92 Å². The topological polar surface area (TPSA) is 110 Å². The van der Waals surface area contributed by atoms with Gasteiger partial charge in [0, 0.05) is 5.02 Å². The predicted molar refractivity (Wildman–Crippen MR) is 115 cm³/mol. The van der Waals surface area contributed by atoms with Gasteiger partial charge in [-0.05, 0) is 43.2 Å². The van der Waals surface area contributed by atoms with Crippen LogP contribution >= 0.6 is 11.6 Å². The summed E-state index contributed by atoms with van der Waals surface area (Å²) < 4.78 is 33.5. The summed E-state index contributed by atoms with van der Waals surface area (Å²) in [6.07, 6.45) is 0. The summed E-state index contributed by atoms with van der Waals surface area (Å²) >= 11 is 6.39. The molecule has 1 saturated heterocycles. The highest BCUT2D eigenvalue weighted by atomic mass is 35.5. The highest BCUT2D eigenvalue weighted by Gasteiger charge is 2.60. The van der Waals surface area contributed by atoms with Gasteiger partial charge >= 0.3 is 5.97 Å². The van der Waals surface area contributed by atoms with Crippen LogP contribution in [0.25, 0.3) is 0 Å². The summed E-state index contributed by atoms with van der Waals surface area (Å²) in [6.45, 7) is 3.23. The number of halogens is 1. The zero-order valence-corrected chi connectivity index (χ0v) is 19.1. The van der Waals surface area contributed by atoms with Crippen molar-refractivity contribution in [3.8, 4) is 0 Å². The van der Waals surface area contributed by atoms with E-state index in [4.69, 9.17) is 11.6 Å². The number of amides is 2. The number of likely N-dealkylation sites (tertiary alicyclic amines) is 1. The van der Waals surface area contributed by atoms with Crippen molar-refractivity contribution >= 4 is 39.4 Å². The molecule has 0 radical (unpaired) electrons. The second-order valence-corrected chi connectivity index (χ2v) is 10.0. The third kappa shape index (κ3) is 3.41. The molecule has 0 spiro atoms. The first-order valence-corrected chi connectivity index (χ1v) is 11.8. The van der Waals surface area contributed by atoms with E-state index in [0.29, 0.717) is 11.1 Å². The van der Waals surface area contributed by atoms with E-state index in [1.54, 1.807) is 30.3 Å². The Morgan fingerprint density at radius 2 is 1.78 bits per heavy atom. The number of fused-ring (bicyclic) bond motifs is 3. The Balaban J connectivity index is 1.79. The van der Waals surface area contributed by atoms with Crippen LogP contribution in [0.3, 0.4) is 0 Å². The molecule has 0 bridgehead atoms. The fourth-order valence-corrected chi connectivity index (χ4v) is 5.98. The number of methoxy groups -OCH3 is 1. The Morgan fingerprint density at radius 3 is 2.41 bits per heavy atom. The molecule has 4 atom stereocenters. The predicted octanol–water partition coefficient (Wildman–Crippen LogP) is 2.31. The molecule has 2 aromatic rings. The standard InChI is InChI=1S/C22H21ClN2O6S/c1-11-7-9-13(10-8-11)32(29,30)24-19-16-14(5-4-6-15(16)23)17-18(19)21(27)25(20(17)26)12(2)22(28)31-3/h4-10,12,17-19,24H,1-3H3/t12-,17+,18+,19+/m0/s1. The second kappa shape index (κ2) is 7.99. The quantitative estimate of drug-likeness (QED) is 0.524. The lowest BCUT2D eigenvalue weighted by Gasteiger charge is -2.24. The number of imide groups is 1. The van der Waals surface area contributed by atoms with Crippen molar-refractivity contribution in [1.82, 2.24) is 9.62 Å². The molecule has 2 amide bonds. The fraction of sp³-hybridized carbons (Fsp3) is 0.318. The zero-order chi connectivity index (χ0) is 23.4. The van der Waals surface area contributed by atoms with Gasteiger partial charge in [0.15, 0.2) is 0 Å². The molecule has 0 aromatic heterocycles. The van der Waals surface area contributed by atoms with Gasteiger partial charge in [-0.2, -0.15) is 0 Å². The van der Waals surface area contributed by atoms with Gasteiger partial charge in [0.25, 0.3) is 0 Å². The van der Waals surface area contributed by atoms with Crippen LogP contribution in [0.15, 0.2) is 47.4 Å². The van der Waals surface area contributed by atoms with E-state index in [9.17, 15) is 22.8 Å². The van der Waals surface area contributed by atoms with Gasteiger partial charge in [0.2, 0.25) is 21.8 Å². The van der Waals surface area contributed by atoms with Gasteiger partial charge in [-0.15, -0.1) is 0 Å². The van der Waals surface area contributed by atoms with Crippen LogP contribution in [0, 0.1) is 12.8 Å². The molecule has 168 valence electrons. The smallest absolute Gasteiger partial charge is 0.328 e. The van der Waals surface area contributed by atoms with Crippen molar-refractivity contribution in [1.29, 1.82) is 0 Å². The van der Waals surface area contributed by atoms with Crippen molar-refractivity contribution in [2.75, 3.05) is 7.11 Å². The largest absolute Gasteiger partial charge is 0.467 e. The van der Waals surface area contributed by atoms with Gasteiger partial charge in [0.1, 0.15) is 6.04 Å². The molecule has 0 unspecified atom stereocenters. The van der Waals surface area contributed by atoms with Gasteiger partial charge in [-0.1, -0.05) is 41.4 Å². The van der Waals surface area contributed by atoms with Crippen molar-refractivity contribution in [2.24, 2.45) is 5.92 Å². The molecule has 2 aromatic carbocycles. The molecule has 32 heavy (non-hydrogen) atoms. The number of nitrogens with zero attached hydrogens (tertiary/aromatic N) is 1. The third-order valence-electron chi connectivity index (χ3n) is 6.02. The average Bonchev–Trinajstić information content (AvgIpc) is 3.21. The van der Waals surface area contributed by atoms with Crippen molar-refractivity contribution in [3.05, 3.63) is 64.2 Å². The van der Waals surface area contributed by atoms with Gasteiger partial charge in [-0.3, -0.25) is 14.5 Å². The van der Waals surface area contributed by atoms with Crippen LogP contribution in [0.4, 0.5) is 0 Å². The third-order valence-corrected chi connectivity index (χ3v) is 7.81. The van der Waals surface area contributed by atoms with Crippen molar-refractivity contribution in [2.45, 2.75) is 36.7 Å². The minimum Gasteiger partial charge on any atom is -0.467 e. The fourth-order valence-electron chi connectivity index (χ4n) is 4.45. The number of esters is 1. The van der Waals surface area contributed by atoms with E-state index in [0.717, 1.165) is 17.6 Å². The first-order valence-electron chi connectivity index (χ1n) is 9.90. The van der Waals surface area contributed by atoms with Crippen LogP contribution in [0.1, 0.15) is 35.6 Å². The maximum atomic E-state index is 13.3. The zero-order valence-electron chi connectivity index (χ0n) is 17.5. The number of carbonyl (C=O) groups excluding carboxylic acids is 3. The molecule has 1 heterocycles. The molecular weight excluding hydrogens is 456 g/mol. The summed E-state index contributed by atoms with van der Waals surface area (Å²) in [4.78, 5) is 39.5. The number of aryl methyl sites for hydroxylation is 1. The molecule has 8 nitrogen and oxygen atoms in total. The van der Waals surface area contributed by atoms with Gasteiger partial charge in [0.05, 0.1) is 29.9 Å². The second-order valence-electron chi connectivity index (χ2n) is 7.90. The normalized spacial score (nSPS) is 23.1. The lowest BCUT2D eigenvalue weighted by Crippen LogP contribution is -2.45. The number of sulfonamides is 1. The number of ether oxygens (including phenoxy) is 1.